The number of hydrogen-bond acceptors (Lipinski definition) is 5. The number of nitrogens with two attached hydrogens (primary N) is 1. The lowest BCUT2D eigenvalue weighted by Gasteiger charge is -2.16. The molecule has 0 aliphatic carbocycles. The first-order chi connectivity index (χ1) is 9.76. The van der Waals surface area contributed by atoms with Gasteiger partial charge in [-0.15, -0.1) is 0 Å². The molecule has 0 radical (unpaired) electrons. The largest absolute Gasteiger partial charge is 0.493 e. The van der Waals surface area contributed by atoms with Crippen molar-refractivity contribution < 1.29 is 9.47 Å². The van der Waals surface area contributed by atoms with Crippen LogP contribution in [0.5, 0.6) is 11.5 Å². The topological polar surface area (TPSA) is 56.5 Å². The maximum atomic E-state index is 5.66. The van der Waals surface area contributed by atoms with Crippen molar-refractivity contribution in [1.29, 1.82) is 0 Å². The van der Waals surface area contributed by atoms with E-state index in [1.807, 2.05) is 18.2 Å². The molecule has 0 aliphatic rings. The molecule has 0 spiro atoms. The van der Waals surface area contributed by atoms with Crippen molar-refractivity contribution >= 4 is 11.3 Å². The monoisotopic (exact) mass is 292 g/mol. The first-order valence-corrected chi connectivity index (χ1v) is 7.39. The average molecular weight is 292 g/mol. The maximum absolute atomic E-state index is 5.66. The van der Waals surface area contributed by atoms with Crippen molar-refractivity contribution in [3.8, 4) is 11.5 Å². The van der Waals surface area contributed by atoms with E-state index in [-0.39, 0.29) is 6.04 Å². The SMILES string of the molecule is COc1ccc(CC(Cc2ccsc2)NN)cc1OC. The predicted molar refractivity (Wildman–Crippen MR) is 82.4 cm³/mol. The second-order valence-electron chi connectivity index (χ2n) is 4.59. The number of nitrogens with one attached hydrogen (secondary N) is 1. The van der Waals surface area contributed by atoms with Crippen LogP contribution in [0.15, 0.2) is 35.0 Å². The van der Waals surface area contributed by atoms with Crippen molar-refractivity contribution in [2.75, 3.05) is 14.2 Å². The van der Waals surface area contributed by atoms with Gasteiger partial charge in [0.05, 0.1) is 14.2 Å². The molecule has 1 heterocycles. The number of thiophene rings is 1. The lowest BCUT2D eigenvalue weighted by atomic mass is 10.0. The Morgan fingerprint density at radius 1 is 1.10 bits per heavy atom. The summed E-state index contributed by atoms with van der Waals surface area (Å²) < 4.78 is 10.6. The molecule has 2 rings (SSSR count). The van der Waals surface area contributed by atoms with Gasteiger partial charge in [-0.05, 0) is 52.9 Å². The van der Waals surface area contributed by atoms with Gasteiger partial charge in [-0.2, -0.15) is 11.3 Å². The van der Waals surface area contributed by atoms with Crippen LogP contribution in [0.4, 0.5) is 0 Å². The molecular weight excluding hydrogens is 272 g/mol. The Kier molecular flexibility index (Phi) is 5.40. The fourth-order valence-electron chi connectivity index (χ4n) is 2.18. The third kappa shape index (κ3) is 3.72. The van der Waals surface area contributed by atoms with Crippen molar-refractivity contribution in [3.63, 3.8) is 0 Å². The van der Waals surface area contributed by atoms with Gasteiger partial charge in [0.15, 0.2) is 11.5 Å². The minimum absolute atomic E-state index is 0.197. The molecule has 4 nitrogen and oxygen atoms in total. The van der Waals surface area contributed by atoms with Gasteiger partial charge in [0.1, 0.15) is 0 Å². The van der Waals surface area contributed by atoms with E-state index in [9.17, 15) is 0 Å². The van der Waals surface area contributed by atoms with E-state index in [0.717, 1.165) is 24.3 Å². The van der Waals surface area contributed by atoms with E-state index in [2.05, 4.69) is 22.3 Å². The Bertz CT molecular complexity index is 529. The van der Waals surface area contributed by atoms with E-state index in [0.29, 0.717) is 0 Å². The van der Waals surface area contributed by atoms with Gasteiger partial charge in [-0.1, -0.05) is 6.07 Å². The summed E-state index contributed by atoms with van der Waals surface area (Å²) >= 11 is 1.70. The van der Waals surface area contributed by atoms with Crippen molar-refractivity contribution in [2.45, 2.75) is 18.9 Å². The number of hydrogen-bond donors (Lipinski definition) is 2. The van der Waals surface area contributed by atoms with Crippen molar-refractivity contribution in [3.05, 3.63) is 46.2 Å². The van der Waals surface area contributed by atoms with E-state index in [4.69, 9.17) is 15.3 Å². The van der Waals surface area contributed by atoms with Crippen LogP contribution in [0.3, 0.4) is 0 Å². The normalized spacial score (nSPS) is 12.2. The smallest absolute Gasteiger partial charge is 0.160 e. The van der Waals surface area contributed by atoms with Gasteiger partial charge in [-0.25, -0.2) is 0 Å². The second-order valence-corrected chi connectivity index (χ2v) is 5.37. The van der Waals surface area contributed by atoms with Gasteiger partial charge in [0.2, 0.25) is 0 Å². The molecular formula is C15H20N2O2S. The zero-order valence-corrected chi connectivity index (χ0v) is 12.6. The van der Waals surface area contributed by atoms with Crippen LogP contribution in [0.1, 0.15) is 11.1 Å². The molecule has 1 aromatic heterocycles. The molecule has 1 aromatic carbocycles. The molecule has 5 heteroatoms. The van der Waals surface area contributed by atoms with Gasteiger partial charge in [-0.3, -0.25) is 11.3 Å². The zero-order chi connectivity index (χ0) is 14.4. The summed E-state index contributed by atoms with van der Waals surface area (Å²) in [4.78, 5) is 0. The van der Waals surface area contributed by atoms with Crippen LogP contribution >= 0.6 is 11.3 Å². The van der Waals surface area contributed by atoms with Crippen LogP contribution in [0.2, 0.25) is 0 Å². The summed E-state index contributed by atoms with van der Waals surface area (Å²) in [5.74, 6) is 7.15. The number of benzene rings is 1. The summed E-state index contributed by atoms with van der Waals surface area (Å²) in [6.07, 6.45) is 1.75. The van der Waals surface area contributed by atoms with E-state index < -0.39 is 0 Å². The fraction of sp³-hybridized carbons (Fsp3) is 0.333. The van der Waals surface area contributed by atoms with Gasteiger partial charge >= 0.3 is 0 Å². The molecule has 0 amide bonds. The summed E-state index contributed by atoms with van der Waals surface area (Å²) in [7, 11) is 3.28. The van der Waals surface area contributed by atoms with Crippen LogP contribution in [-0.4, -0.2) is 20.3 Å². The molecule has 0 saturated heterocycles. The second kappa shape index (κ2) is 7.28. The van der Waals surface area contributed by atoms with Crippen LogP contribution in [0, 0.1) is 0 Å². The van der Waals surface area contributed by atoms with Crippen LogP contribution < -0.4 is 20.7 Å². The summed E-state index contributed by atoms with van der Waals surface area (Å²) in [5.41, 5.74) is 5.36. The molecule has 0 bridgehead atoms. The molecule has 1 unspecified atom stereocenters. The maximum Gasteiger partial charge on any atom is 0.160 e. The Balaban J connectivity index is 2.07. The number of ether oxygens (including phenoxy) is 2. The molecule has 2 aromatic rings. The highest BCUT2D eigenvalue weighted by Gasteiger charge is 2.11. The molecule has 1 atom stereocenters. The highest BCUT2D eigenvalue weighted by Crippen LogP contribution is 2.28. The quantitative estimate of drug-likeness (QED) is 0.608. The van der Waals surface area contributed by atoms with Gasteiger partial charge < -0.3 is 9.47 Å². The molecule has 3 N–H and O–H groups in total. The minimum atomic E-state index is 0.197. The highest BCUT2D eigenvalue weighted by atomic mass is 32.1. The molecule has 0 saturated carbocycles. The molecule has 20 heavy (non-hydrogen) atoms. The third-order valence-electron chi connectivity index (χ3n) is 3.23. The Labute approximate surface area is 123 Å². The van der Waals surface area contributed by atoms with Gasteiger partial charge in [0.25, 0.3) is 0 Å². The lowest BCUT2D eigenvalue weighted by Crippen LogP contribution is -2.38. The van der Waals surface area contributed by atoms with Crippen molar-refractivity contribution in [1.82, 2.24) is 5.43 Å². The third-order valence-corrected chi connectivity index (χ3v) is 3.96. The van der Waals surface area contributed by atoms with Crippen LogP contribution in [0.25, 0.3) is 0 Å². The average Bonchev–Trinajstić information content (AvgIpc) is 2.99. The standard InChI is InChI=1S/C15H20N2O2S/c1-18-14-4-3-11(9-15(14)19-2)7-13(17-16)8-12-5-6-20-10-12/h3-6,9-10,13,17H,7-8,16H2,1-2H3. The number of methoxy groups -OCH3 is 2. The Morgan fingerprint density at radius 2 is 1.85 bits per heavy atom. The first-order valence-electron chi connectivity index (χ1n) is 6.45. The first kappa shape index (κ1) is 14.8. The number of hydrazine groups is 1. The van der Waals surface area contributed by atoms with E-state index in [1.54, 1.807) is 25.6 Å². The van der Waals surface area contributed by atoms with E-state index >= 15 is 0 Å². The zero-order valence-electron chi connectivity index (χ0n) is 11.8. The summed E-state index contributed by atoms with van der Waals surface area (Å²) in [6.45, 7) is 0. The fourth-order valence-corrected chi connectivity index (χ4v) is 2.86. The summed E-state index contributed by atoms with van der Waals surface area (Å²) in [5, 5.41) is 4.23. The molecule has 108 valence electrons. The van der Waals surface area contributed by atoms with Crippen molar-refractivity contribution in [2.24, 2.45) is 5.84 Å². The Morgan fingerprint density at radius 3 is 2.45 bits per heavy atom. The summed E-state index contributed by atoms with van der Waals surface area (Å²) in [6, 6.07) is 8.29. The molecule has 0 fully saturated rings. The molecule has 0 aliphatic heterocycles. The van der Waals surface area contributed by atoms with Crippen LogP contribution in [-0.2, 0) is 12.8 Å². The highest BCUT2D eigenvalue weighted by molar-refractivity contribution is 7.07. The van der Waals surface area contributed by atoms with E-state index in [1.165, 1.54) is 11.1 Å². The minimum Gasteiger partial charge on any atom is -0.493 e. The number of rotatable bonds is 7. The Hall–Kier alpha value is -1.56. The lowest BCUT2D eigenvalue weighted by molar-refractivity contribution is 0.354. The predicted octanol–water partition coefficient (Wildman–Crippen LogP) is 2.38. The van der Waals surface area contributed by atoms with Gasteiger partial charge in [0, 0.05) is 6.04 Å².